The van der Waals surface area contributed by atoms with Crippen LogP contribution in [0.3, 0.4) is 0 Å². The Morgan fingerprint density at radius 1 is 1.31 bits per heavy atom. The molecule has 88 valence electrons. The Morgan fingerprint density at radius 3 is 2.44 bits per heavy atom. The number of benzene rings is 1. The second kappa shape index (κ2) is 4.42. The van der Waals surface area contributed by atoms with Gasteiger partial charge in [-0.2, -0.15) is 13.2 Å². The average molecular weight is 232 g/mol. The highest BCUT2D eigenvalue weighted by Gasteiger charge is 2.27. The number of halogens is 3. The Hall–Kier alpha value is -1.72. The van der Waals surface area contributed by atoms with Crippen molar-refractivity contribution in [3.05, 3.63) is 23.8 Å². The van der Waals surface area contributed by atoms with Gasteiger partial charge in [0, 0.05) is 18.3 Å². The normalized spacial score (nSPS) is 11.1. The van der Waals surface area contributed by atoms with E-state index >= 15 is 0 Å². The first kappa shape index (κ1) is 12.4. The summed E-state index contributed by atoms with van der Waals surface area (Å²) in [5.41, 5.74) is 0.704. The van der Waals surface area contributed by atoms with E-state index in [2.05, 4.69) is 5.32 Å². The minimum atomic E-state index is -4.49. The van der Waals surface area contributed by atoms with Crippen LogP contribution in [0.25, 0.3) is 0 Å². The number of carbonyl (C=O) groups excluding carboxylic acids is 1. The molecule has 0 aliphatic heterocycles. The molecule has 0 saturated heterocycles. The summed E-state index contributed by atoms with van der Waals surface area (Å²) >= 11 is 0. The van der Waals surface area contributed by atoms with E-state index in [-0.39, 0.29) is 11.6 Å². The fourth-order valence-electron chi connectivity index (χ4n) is 1.19. The van der Waals surface area contributed by atoms with Gasteiger partial charge in [-0.3, -0.25) is 10.1 Å². The van der Waals surface area contributed by atoms with E-state index in [0.717, 1.165) is 0 Å². The first-order valence-electron chi connectivity index (χ1n) is 4.51. The Morgan fingerprint density at radius 2 is 1.94 bits per heavy atom. The molecule has 0 fully saturated rings. The number of alkyl halides is 3. The van der Waals surface area contributed by atoms with Crippen LogP contribution in [0.5, 0.6) is 0 Å². The zero-order valence-electron chi connectivity index (χ0n) is 8.77. The van der Waals surface area contributed by atoms with E-state index < -0.39 is 6.30 Å². The highest BCUT2D eigenvalue weighted by Crippen LogP contribution is 2.25. The number of aryl methyl sites for hydroxylation is 1. The summed E-state index contributed by atoms with van der Waals surface area (Å²) in [6, 6.07) is 4.28. The maximum Gasteiger partial charge on any atom is 0.482 e. The van der Waals surface area contributed by atoms with Crippen molar-refractivity contribution in [1.29, 1.82) is 0 Å². The van der Waals surface area contributed by atoms with Gasteiger partial charge in [-0.05, 0) is 24.6 Å². The second-order valence-corrected chi connectivity index (χ2v) is 3.33. The highest BCUT2D eigenvalue weighted by molar-refractivity contribution is 5.89. The van der Waals surface area contributed by atoms with Crippen molar-refractivity contribution < 1.29 is 18.0 Å². The molecule has 1 aromatic carbocycles. The van der Waals surface area contributed by atoms with Crippen molar-refractivity contribution >= 4 is 17.3 Å². The van der Waals surface area contributed by atoms with Crippen molar-refractivity contribution in [2.24, 2.45) is 0 Å². The molecule has 1 amide bonds. The number of anilines is 2. The Bertz CT molecular complexity index is 402. The van der Waals surface area contributed by atoms with Gasteiger partial charge in [0.25, 0.3) is 0 Å². The van der Waals surface area contributed by atoms with Crippen LogP contribution in [0, 0.1) is 6.92 Å². The van der Waals surface area contributed by atoms with E-state index in [9.17, 15) is 18.0 Å². The fraction of sp³-hybridized carbons (Fsp3) is 0.300. The van der Waals surface area contributed by atoms with Gasteiger partial charge in [0.05, 0.1) is 0 Å². The van der Waals surface area contributed by atoms with Gasteiger partial charge in [0.1, 0.15) is 0 Å². The van der Waals surface area contributed by atoms with E-state index in [1.165, 1.54) is 30.4 Å². The lowest BCUT2D eigenvalue weighted by Gasteiger charge is -2.13. The maximum atomic E-state index is 12.1. The molecule has 6 heteroatoms. The number of carbonyl (C=O) groups is 1. The van der Waals surface area contributed by atoms with Gasteiger partial charge in [-0.25, -0.2) is 0 Å². The summed E-state index contributed by atoms with van der Waals surface area (Å²) in [5.74, 6) is -0.332. The molecular weight excluding hydrogens is 221 g/mol. The smallest absolute Gasteiger partial charge is 0.326 e. The molecule has 2 N–H and O–H groups in total. The second-order valence-electron chi connectivity index (χ2n) is 3.33. The van der Waals surface area contributed by atoms with Gasteiger partial charge in [-0.1, -0.05) is 6.07 Å². The molecule has 3 nitrogen and oxygen atoms in total. The largest absolute Gasteiger partial charge is 0.482 e. The molecule has 0 atom stereocenters. The van der Waals surface area contributed by atoms with E-state index in [4.69, 9.17) is 0 Å². The lowest BCUT2D eigenvalue weighted by molar-refractivity contribution is -0.114. The van der Waals surface area contributed by atoms with Crippen LogP contribution in [0.15, 0.2) is 18.2 Å². The molecular formula is C10H11F3N2O. The number of amides is 1. The predicted molar refractivity (Wildman–Crippen MR) is 55.2 cm³/mol. The predicted octanol–water partition coefficient (Wildman–Crippen LogP) is 2.89. The molecule has 0 radical (unpaired) electrons. The number of hydrogen-bond acceptors (Lipinski definition) is 2. The molecule has 1 rings (SSSR count). The van der Waals surface area contributed by atoms with E-state index in [0.29, 0.717) is 11.3 Å². The van der Waals surface area contributed by atoms with Crippen LogP contribution >= 0.6 is 0 Å². The maximum absolute atomic E-state index is 12.1. The molecule has 0 aliphatic rings. The van der Waals surface area contributed by atoms with Crippen LogP contribution in [-0.4, -0.2) is 12.2 Å². The lowest BCUT2D eigenvalue weighted by atomic mass is 10.2. The monoisotopic (exact) mass is 232 g/mol. The van der Waals surface area contributed by atoms with Gasteiger partial charge in [0.2, 0.25) is 5.91 Å². The average Bonchev–Trinajstić information content (AvgIpc) is 2.07. The standard InChI is InChI=1S/C10H11F3N2O/c1-6-3-4-8(14-7(2)16)5-9(6)15-10(11,12)13/h3-5,15H,1-2H3,(H,14,16). The van der Waals surface area contributed by atoms with Gasteiger partial charge in [-0.15, -0.1) is 0 Å². The number of nitrogens with one attached hydrogen (secondary N) is 2. The van der Waals surface area contributed by atoms with Crippen molar-refractivity contribution in [3.63, 3.8) is 0 Å². The Labute approximate surface area is 90.6 Å². The van der Waals surface area contributed by atoms with Crippen LogP contribution < -0.4 is 10.6 Å². The molecule has 0 saturated carbocycles. The summed E-state index contributed by atoms with van der Waals surface area (Å²) in [6.07, 6.45) is -4.49. The van der Waals surface area contributed by atoms with Crippen molar-refractivity contribution in [2.45, 2.75) is 20.1 Å². The summed E-state index contributed by atoms with van der Waals surface area (Å²) in [7, 11) is 0. The SMILES string of the molecule is CC(=O)Nc1ccc(C)c(NC(F)(F)F)c1. The molecule has 1 aromatic rings. The van der Waals surface area contributed by atoms with Crippen molar-refractivity contribution in [3.8, 4) is 0 Å². The van der Waals surface area contributed by atoms with Gasteiger partial charge >= 0.3 is 6.30 Å². The Balaban J connectivity index is 2.95. The zero-order chi connectivity index (χ0) is 12.3. The lowest BCUT2D eigenvalue weighted by Crippen LogP contribution is -2.21. The third-order valence-corrected chi connectivity index (χ3v) is 1.83. The molecule has 0 spiro atoms. The van der Waals surface area contributed by atoms with E-state index in [1.807, 2.05) is 0 Å². The van der Waals surface area contributed by atoms with Crippen LogP contribution in [0.4, 0.5) is 24.5 Å². The van der Waals surface area contributed by atoms with Gasteiger partial charge in [0.15, 0.2) is 0 Å². The van der Waals surface area contributed by atoms with Crippen molar-refractivity contribution in [2.75, 3.05) is 10.6 Å². The van der Waals surface area contributed by atoms with Crippen LogP contribution in [0.2, 0.25) is 0 Å². The topological polar surface area (TPSA) is 41.1 Å². The fourth-order valence-corrected chi connectivity index (χ4v) is 1.19. The number of rotatable bonds is 2. The van der Waals surface area contributed by atoms with Crippen molar-refractivity contribution in [1.82, 2.24) is 0 Å². The minimum absolute atomic E-state index is 0.0706. The zero-order valence-corrected chi connectivity index (χ0v) is 8.77. The molecule has 16 heavy (non-hydrogen) atoms. The first-order chi connectivity index (χ1) is 7.28. The summed E-state index contributed by atoms with van der Waals surface area (Å²) in [4.78, 5) is 10.7. The molecule has 0 aliphatic carbocycles. The molecule has 0 aromatic heterocycles. The van der Waals surface area contributed by atoms with Crippen LogP contribution in [-0.2, 0) is 4.79 Å². The third-order valence-electron chi connectivity index (χ3n) is 1.83. The molecule has 0 heterocycles. The quantitative estimate of drug-likeness (QED) is 0.770. The minimum Gasteiger partial charge on any atom is -0.326 e. The summed E-state index contributed by atoms with van der Waals surface area (Å²) in [6.45, 7) is 2.84. The number of hydrogen-bond donors (Lipinski definition) is 2. The molecule has 0 bridgehead atoms. The third kappa shape index (κ3) is 3.80. The summed E-state index contributed by atoms with van der Waals surface area (Å²) < 4.78 is 36.4. The first-order valence-corrected chi connectivity index (χ1v) is 4.51. The Kier molecular flexibility index (Phi) is 3.41. The van der Waals surface area contributed by atoms with E-state index in [1.54, 1.807) is 6.92 Å². The van der Waals surface area contributed by atoms with Gasteiger partial charge < -0.3 is 5.32 Å². The highest BCUT2D eigenvalue weighted by atomic mass is 19.4. The molecule has 0 unspecified atom stereocenters. The summed E-state index contributed by atoms with van der Waals surface area (Å²) in [5, 5.41) is 3.82. The van der Waals surface area contributed by atoms with Crippen LogP contribution in [0.1, 0.15) is 12.5 Å².